The van der Waals surface area contributed by atoms with E-state index in [1.165, 1.54) is 31.6 Å². The molecule has 2 aromatic carbocycles. The minimum atomic E-state index is -0.610. The average molecular weight is 627 g/mol. The molecule has 9 rings (SSSR count). The van der Waals surface area contributed by atoms with Crippen molar-refractivity contribution in [3.63, 3.8) is 0 Å². The molecule has 8 nitrogen and oxygen atoms in total. The molecule has 3 aliphatic heterocycles. The molecule has 240 valence electrons. The van der Waals surface area contributed by atoms with Crippen LogP contribution in [0.15, 0.2) is 24.3 Å². The number of rotatable bonds is 7. The van der Waals surface area contributed by atoms with Gasteiger partial charge >= 0.3 is 6.01 Å². The van der Waals surface area contributed by atoms with Crippen molar-refractivity contribution in [2.45, 2.75) is 64.5 Å². The molecule has 4 fully saturated rings. The maximum atomic E-state index is 17.0. The number of piperazine rings is 1. The number of aryl methyl sites for hydroxylation is 2. The Balaban J connectivity index is 1.17. The third kappa shape index (κ3) is 4.70. The minimum Gasteiger partial charge on any atom is -0.508 e. The quantitative estimate of drug-likeness (QED) is 0.268. The van der Waals surface area contributed by atoms with Gasteiger partial charge < -0.3 is 25.0 Å². The molecule has 2 saturated heterocycles. The number of piperidine rings is 1. The first-order valence-corrected chi connectivity index (χ1v) is 17.0. The number of nitrogens with one attached hydrogen (secondary N) is 1. The number of aromatic nitrogens is 3. The van der Waals surface area contributed by atoms with Crippen LogP contribution in [0.5, 0.6) is 11.8 Å². The summed E-state index contributed by atoms with van der Waals surface area (Å²) in [5.74, 6) is 1.42. The van der Waals surface area contributed by atoms with Crippen LogP contribution in [0.25, 0.3) is 32.9 Å². The standard InChI is InChI=1S/C36H40F2N6O2/c1-3-23-16-44-24(13-39-23)5-7-28-30-33(31(38)32(40-28)26-12-25(45)11-20-4-6-27(37)19(2)29(20)26)41-35(42-34(30)44)46-18-36(8-9-36)17-43-14-21-10-22(21)15-43/h4,6,11-12,21-24,39,45H,3,5,7-10,13-18H2,1-2H3/t21?,22?,23-,24-/m1/s1. The van der Waals surface area contributed by atoms with Gasteiger partial charge in [-0.1, -0.05) is 13.0 Å². The van der Waals surface area contributed by atoms with Crippen molar-refractivity contribution in [3.05, 3.63) is 47.2 Å². The minimum absolute atomic E-state index is 0.0353. The van der Waals surface area contributed by atoms with E-state index in [9.17, 15) is 9.50 Å². The van der Waals surface area contributed by atoms with Gasteiger partial charge in [0.05, 0.1) is 17.7 Å². The van der Waals surface area contributed by atoms with Gasteiger partial charge in [0.15, 0.2) is 5.82 Å². The summed E-state index contributed by atoms with van der Waals surface area (Å²) in [7, 11) is 0. The van der Waals surface area contributed by atoms with Crippen molar-refractivity contribution in [2.24, 2.45) is 17.3 Å². The van der Waals surface area contributed by atoms with Gasteiger partial charge in [-0.2, -0.15) is 9.97 Å². The van der Waals surface area contributed by atoms with E-state index >= 15 is 4.39 Å². The van der Waals surface area contributed by atoms with Gasteiger partial charge in [-0.3, -0.25) is 0 Å². The number of phenolic OH excluding ortho intramolecular Hbond substituents is 1. The molecule has 2 aliphatic carbocycles. The first-order valence-electron chi connectivity index (χ1n) is 17.0. The molecular formula is C36H40F2N6O2. The first-order chi connectivity index (χ1) is 22.3. The van der Waals surface area contributed by atoms with Crippen LogP contribution in [0, 0.1) is 35.8 Å². The number of benzene rings is 2. The van der Waals surface area contributed by atoms with E-state index in [4.69, 9.17) is 19.7 Å². The fourth-order valence-electron chi connectivity index (χ4n) is 8.43. The zero-order valence-electron chi connectivity index (χ0n) is 26.5. The van der Waals surface area contributed by atoms with Gasteiger partial charge in [-0.25, -0.2) is 13.8 Å². The fraction of sp³-hybridized carbons (Fsp3) is 0.528. The third-order valence-electron chi connectivity index (χ3n) is 11.4. The molecule has 46 heavy (non-hydrogen) atoms. The van der Waals surface area contributed by atoms with Crippen molar-refractivity contribution < 1.29 is 18.6 Å². The predicted octanol–water partition coefficient (Wildman–Crippen LogP) is 5.75. The monoisotopic (exact) mass is 626 g/mol. The second-order valence-electron chi connectivity index (χ2n) is 14.6. The van der Waals surface area contributed by atoms with Gasteiger partial charge in [0.2, 0.25) is 0 Å². The molecular weight excluding hydrogens is 586 g/mol. The maximum absolute atomic E-state index is 17.0. The van der Waals surface area contributed by atoms with Crippen molar-refractivity contribution >= 4 is 27.5 Å². The van der Waals surface area contributed by atoms with Crippen molar-refractivity contribution in [2.75, 3.05) is 44.2 Å². The highest BCUT2D eigenvalue weighted by atomic mass is 19.1. The average Bonchev–Trinajstić information content (AvgIpc) is 3.97. The van der Waals surface area contributed by atoms with E-state index in [0.29, 0.717) is 57.9 Å². The largest absolute Gasteiger partial charge is 0.508 e. The van der Waals surface area contributed by atoms with Crippen LogP contribution < -0.4 is 15.0 Å². The topological polar surface area (TPSA) is 86.6 Å². The smallest absolute Gasteiger partial charge is 0.319 e. The normalized spacial score (nSPS) is 26.2. The molecule has 0 radical (unpaired) electrons. The molecule has 2 unspecified atom stereocenters. The van der Waals surface area contributed by atoms with Gasteiger partial charge in [0, 0.05) is 55.8 Å². The summed E-state index contributed by atoms with van der Waals surface area (Å²) in [6, 6.07) is 6.68. The molecule has 0 amide bonds. The zero-order chi connectivity index (χ0) is 31.3. The van der Waals surface area contributed by atoms with E-state index in [1.54, 1.807) is 19.1 Å². The third-order valence-corrected chi connectivity index (χ3v) is 11.4. The molecule has 0 bridgehead atoms. The van der Waals surface area contributed by atoms with E-state index in [2.05, 4.69) is 22.0 Å². The van der Waals surface area contributed by atoms with Crippen molar-refractivity contribution in [1.29, 1.82) is 0 Å². The maximum Gasteiger partial charge on any atom is 0.319 e. The fourth-order valence-corrected chi connectivity index (χ4v) is 8.43. The Morgan fingerprint density at radius 1 is 1.07 bits per heavy atom. The number of hydrogen-bond donors (Lipinski definition) is 2. The van der Waals surface area contributed by atoms with Crippen LogP contribution in [-0.2, 0) is 6.42 Å². The summed E-state index contributed by atoms with van der Waals surface area (Å²) in [5.41, 5.74) is 1.77. The Kier molecular flexibility index (Phi) is 6.49. The molecule has 2 saturated carbocycles. The summed E-state index contributed by atoms with van der Waals surface area (Å²) in [6.45, 7) is 9.34. The Labute approximate surface area is 267 Å². The molecule has 4 aromatic rings. The van der Waals surface area contributed by atoms with E-state index in [0.717, 1.165) is 57.2 Å². The highest BCUT2D eigenvalue weighted by molar-refractivity contribution is 6.02. The summed E-state index contributed by atoms with van der Waals surface area (Å²) in [6.07, 6.45) is 6.02. The summed E-state index contributed by atoms with van der Waals surface area (Å²) < 4.78 is 38.3. The lowest BCUT2D eigenvalue weighted by Crippen LogP contribution is -2.56. The lowest BCUT2D eigenvalue weighted by molar-refractivity contribution is 0.163. The molecule has 2 aromatic heterocycles. The van der Waals surface area contributed by atoms with Crippen LogP contribution >= 0.6 is 0 Å². The highest BCUT2D eigenvalue weighted by Gasteiger charge is 2.51. The lowest BCUT2D eigenvalue weighted by Gasteiger charge is -2.40. The van der Waals surface area contributed by atoms with Crippen LogP contribution in [0.1, 0.15) is 50.3 Å². The first kappa shape index (κ1) is 28.6. The molecule has 4 atom stereocenters. The van der Waals surface area contributed by atoms with Crippen molar-refractivity contribution in [3.8, 4) is 23.0 Å². The number of anilines is 1. The molecule has 2 N–H and O–H groups in total. The molecule has 0 spiro atoms. The molecule has 5 aliphatic rings. The number of fused-ring (bicyclic) bond motifs is 4. The molecule has 5 heterocycles. The number of ether oxygens (including phenoxy) is 1. The Hall–Kier alpha value is -3.63. The predicted molar refractivity (Wildman–Crippen MR) is 173 cm³/mol. The highest BCUT2D eigenvalue weighted by Crippen LogP contribution is 2.51. The Morgan fingerprint density at radius 2 is 1.89 bits per heavy atom. The number of pyridine rings is 1. The van der Waals surface area contributed by atoms with Crippen LogP contribution in [0.2, 0.25) is 0 Å². The van der Waals surface area contributed by atoms with Gasteiger partial charge in [-0.15, -0.1) is 0 Å². The number of halogens is 2. The number of nitrogens with zero attached hydrogens (tertiary/aromatic N) is 5. The van der Waals surface area contributed by atoms with E-state index in [-0.39, 0.29) is 34.4 Å². The van der Waals surface area contributed by atoms with Crippen LogP contribution in [0.4, 0.5) is 14.6 Å². The van der Waals surface area contributed by atoms with Crippen LogP contribution in [0.3, 0.4) is 0 Å². The van der Waals surface area contributed by atoms with E-state index < -0.39 is 11.6 Å². The summed E-state index contributed by atoms with van der Waals surface area (Å²) in [5, 5.41) is 16.1. The zero-order valence-corrected chi connectivity index (χ0v) is 26.5. The second kappa shape index (κ2) is 10.4. The molecule has 10 heteroatoms. The number of likely N-dealkylation sites (tertiary alicyclic amines) is 1. The van der Waals surface area contributed by atoms with Crippen LogP contribution in [-0.4, -0.2) is 76.4 Å². The number of phenols is 1. The van der Waals surface area contributed by atoms with Gasteiger partial charge in [0.25, 0.3) is 0 Å². The van der Waals surface area contributed by atoms with Crippen molar-refractivity contribution in [1.82, 2.24) is 25.2 Å². The van der Waals surface area contributed by atoms with E-state index in [1.807, 2.05) is 0 Å². The lowest BCUT2D eigenvalue weighted by atomic mass is 9.95. The van der Waals surface area contributed by atoms with Gasteiger partial charge in [0.1, 0.15) is 28.6 Å². The number of hydrogen-bond acceptors (Lipinski definition) is 8. The summed E-state index contributed by atoms with van der Waals surface area (Å²) in [4.78, 5) is 19.6. The SMILES string of the molecule is CC[C@@H]1CN2c3nc(OCC4(CN5CC6CC6C5)CC4)nc4c(F)c(-c5cc(O)cc6ccc(F)c(C)c56)nc(c34)CC[C@@H]2CN1. The Bertz CT molecular complexity index is 1890. The summed E-state index contributed by atoms with van der Waals surface area (Å²) >= 11 is 0. The Morgan fingerprint density at radius 3 is 2.67 bits per heavy atom. The second-order valence-corrected chi connectivity index (χ2v) is 14.6. The number of aromatic hydroxyl groups is 1. The van der Waals surface area contributed by atoms with Gasteiger partial charge in [-0.05, 0) is 91.8 Å².